The van der Waals surface area contributed by atoms with Gasteiger partial charge in [0.05, 0.1) is 11.0 Å². The van der Waals surface area contributed by atoms with E-state index in [0.29, 0.717) is 0 Å². The molecule has 0 aliphatic carbocycles. The minimum Gasteiger partial charge on any atom is -0.310 e. The van der Waals surface area contributed by atoms with Gasteiger partial charge in [-0.1, -0.05) is 194 Å². The van der Waals surface area contributed by atoms with Crippen LogP contribution in [0.15, 0.2) is 255 Å². The van der Waals surface area contributed by atoms with Crippen LogP contribution in [0.5, 0.6) is 0 Å². The van der Waals surface area contributed by atoms with E-state index < -0.39 is 0 Å². The van der Waals surface area contributed by atoms with Gasteiger partial charge in [0.15, 0.2) is 0 Å². The van der Waals surface area contributed by atoms with E-state index in [1.54, 1.807) is 0 Å². The lowest BCUT2D eigenvalue weighted by Crippen LogP contribution is -2.09. The highest BCUT2D eigenvalue weighted by molar-refractivity contribution is 6.10. The van der Waals surface area contributed by atoms with Crippen LogP contribution in [0, 0.1) is 0 Å². The van der Waals surface area contributed by atoms with Crippen LogP contribution in [0.3, 0.4) is 0 Å². The fourth-order valence-electron chi connectivity index (χ4n) is 8.96. The van der Waals surface area contributed by atoms with Gasteiger partial charge in [-0.15, -0.1) is 0 Å². The van der Waals surface area contributed by atoms with Crippen molar-refractivity contribution >= 4 is 38.9 Å². The molecule has 0 saturated carbocycles. The van der Waals surface area contributed by atoms with E-state index in [0.717, 1.165) is 22.7 Å². The van der Waals surface area contributed by atoms with Gasteiger partial charge in [-0.2, -0.15) is 0 Å². The quantitative estimate of drug-likeness (QED) is 0.141. The maximum atomic E-state index is 2.43. The average molecular weight is 791 g/mol. The smallest absolute Gasteiger partial charge is 0.0547 e. The largest absolute Gasteiger partial charge is 0.310 e. The van der Waals surface area contributed by atoms with E-state index >= 15 is 0 Å². The lowest BCUT2D eigenvalue weighted by molar-refractivity contribution is 1.18. The Morgan fingerprint density at radius 2 is 0.694 bits per heavy atom. The molecule has 0 radical (unpaired) electrons. The van der Waals surface area contributed by atoms with E-state index in [4.69, 9.17) is 0 Å². The van der Waals surface area contributed by atoms with Gasteiger partial charge >= 0.3 is 0 Å². The Hall–Kier alpha value is -8.20. The lowest BCUT2D eigenvalue weighted by atomic mass is 9.94. The highest BCUT2D eigenvalue weighted by atomic mass is 15.1. The molecule has 1 heterocycles. The first-order valence-electron chi connectivity index (χ1n) is 21.3. The molecule has 0 atom stereocenters. The minimum atomic E-state index is 1.11. The molecule has 0 aliphatic heterocycles. The molecule has 62 heavy (non-hydrogen) atoms. The second-order valence-corrected chi connectivity index (χ2v) is 15.8. The number of rotatable bonds is 9. The number of fused-ring (bicyclic) bond motifs is 3. The van der Waals surface area contributed by atoms with Crippen LogP contribution in [-0.2, 0) is 0 Å². The van der Waals surface area contributed by atoms with Gasteiger partial charge in [-0.05, 0) is 116 Å². The number of hydrogen-bond donors (Lipinski definition) is 0. The lowest BCUT2D eigenvalue weighted by Gasteiger charge is -2.26. The van der Waals surface area contributed by atoms with Crippen molar-refractivity contribution in [2.45, 2.75) is 0 Å². The summed E-state index contributed by atoms with van der Waals surface area (Å²) in [5.41, 5.74) is 18.8. The predicted octanol–water partition coefficient (Wildman–Crippen LogP) is 16.6. The summed E-state index contributed by atoms with van der Waals surface area (Å²) >= 11 is 0. The summed E-state index contributed by atoms with van der Waals surface area (Å²) in [5, 5.41) is 2.48. The highest BCUT2D eigenvalue weighted by Gasteiger charge is 2.17. The first kappa shape index (κ1) is 36.8. The molecule has 0 amide bonds. The van der Waals surface area contributed by atoms with Crippen LogP contribution in [-0.4, -0.2) is 4.57 Å². The molecule has 11 aromatic rings. The number of anilines is 3. The molecule has 10 aromatic carbocycles. The molecule has 2 nitrogen and oxygen atoms in total. The Labute approximate surface area is 362 Å². The summed E-state index contributed by atoms with van der Waals surface area (Å²) in [6, 6.07) is 92.0. The van der Waals surface area contributed by atoms with E-state index in [-0.39, 0.29) is 0 Å². The van der Waals surface area contributed by atoms with Crippen LogP contribution in [0.1, 0.15) is 0 Å². The van der Waals surface area contributed by atoms with Crippen molar-refractivity contribution in [1.82, 2.24) is 4.57 Å². The molecule has 0 saturated heterocycles. The number of nitrogens with zero attached hydrogens (tertiary/aromatic N) is 2. The average Bonchev–Trinajstić information content (AvgIpc) is 3.69. The summed E-state index contributed by atoms with van der Waals surface area (Å²) in [6.07, 6.45) is 0. The van der Waals surface area contributed by atoms with E-state index in [9.17, 15) is 0 Å². The van der Waals surface area contributed by atoms with Crippen molar-refractivity contribution in [3.63, 3.8) is 0 Å². The van der Waals surface area contributed by atoms with Crippen molar-refractivity contribution in [1.29, 1.82) is 0 Å². The van der Waals surface area contributed by atoms with Crippen LogP contribution in [0.25, 0.3) is 83.1 Å². The molecular formula is C60H42N2. The Morgan fingerprint density at radius 3 is 1.37 bits per heavy atom. The first-order valence-corrected chi connectivity index (χ1v) is 21.3. The van der Waals surface area contributed by atoms with Gasteiger partial charge in [0.2, 0.25) is 0 Å². The third-order valence-corrected chi connectivity index (χ3v) is 12.0. The van der Waals surface area contributed by atoms with Crippen molar-refractivity contribution in [2.24, 2.45) is 0 Å². The summed E-state index contributed by atoms with van der Waals surface area (Å²) < 4.78 is 2.43. The van der Waals surface area contributed by atoms with Gasteiger partial charge in [0.25, 0.3) is 0 Å². The van der Waals surface area contributed by atoms with Crippen molar-refractivity contribution in [3.8, 4) is 61.3 Å². The van der Waals surface area contributed by atoms with Crippen molar-refractivity contribution in [2.75, 3.05) is 4.90 Å². The van der Waals surface area contributed by atoms with E-state index in [1.165, 1.54) is 77.4 Å². The first-order chi connectivity index (χ1) is 30.7. The summed E-state index contributed by atoms with van der Waals surface area (Å²) in [6.45, 7) is 0. The second kappa shape index (κ2) is 16.1. The summed E-state index contributed by atoms with van der Waals surface area (Å²) in [7, 11) is 0. The van der Waals surface area contributed by atoms with Gasteiger partial charge in [-0.3, -0.25) is 0 Å². The molecule has 292 valence electrons. The zero-order chi connectivity index (χ0) is 41.2. The zero-order valence-corrected chi connectivity index (χ0v) is 34.1. The maximum absolute atomic E-state index is 2.43. The summed E-state index contributed by atoms with van der Waals surface area (Å²) in [5.74, 6) is 0. The number of para-hydroxylation sites is 2. The molecule has 2 heteroatoms. The fraction of sp³-hybridized carbons (Fsp3) is 0. The van der Waals surface area contributed by atoms with Gasteiger partial charge in [-0.25, -0.2) is 0 Å². The standard InChI is InChI=1S/C60H42N2/c1-5-16-43(17-6-1)44-32-35-52(36-33-44)61(51-23-11-4-12-24-51)53-25-15-22-49(40-53)45-28-30-46(31-29-45)50-34-38-57-56-26-13-14-27-59(56)62(60(57)41-50)54-37-39-55(47-18-7-2-8-19-47)58(42-54)48-20-9-3-10-21-48/h1-42H. The molecule has 0 spiro atoms. The van der Waals surface area contributed by atoms with E-state index in [2.05, 4.69) is 264 Å². The minimum absolute atomic E-state index is 1.11. The van der Waals surface area contributed by atoms with Gasteiger partial charge in [0.1, 0.15) is 0 Å². The molecule has 0 aliphatic rings. The molecule has 1 aromatic heterocycles. The monoisotopic (exact) mass is 790 g/mol. The third kappa shape index (κ3) is 6.94. The van der Waals surface area contributed by atoms with Crippen LogP contribution < -0.4 is 4.90 Å². The number of aromatic nitrogens is 1. The van der Waals surface area contributed by atoms with Crippen LogP contribution in [0.2, 0.25) is 0 Å². The van der Waals surface area contributed by atoms with Crippen molar-refractivity contribution < 1.29 is 0 Å². The van der Waals surface area contributed by atoms with Gasteiger partial charge < -0.3 is 9.47 Å². The zero-order valence-electron chi connectivity index (χ0n) is 34.1. The third-order valence-electron chi connectivity index (χ3n) is 12.0. The Balaban J connectivity index is 0.956. The normalized spacial score (nSPS) is 11.2. The highest BCUT2D eigenvalue weighted by Crippen LogP contribution is 2.40. The molecule has 0 fully saturated rings. The second-order valence-electron chi connectivity index (χ2n) is 15.8. The molecule has 0 unspecified atom stereocenters. The van der Waals surface area contributed by atoms with E-state index in [1.807, 2.05) is 0 Å². The molecular weight excluding hydrogens is 749 g/mol. The SMILES string of the molecule is c1ccc(-c2ccc(N(c3ccccc3)c3cccc(-c4ccc(-c5ccc6c7ccccc7n(-c7ccc(-c8ccccc8)c(-c8ccccc8)c7)c6c5)cc4)c3)cc2)cc1. The predicted molar refractivity (Wildman–Crippen MR) is 263 cm³/mol. The molecule has 11 rings (SSSR count). The number of benzene rings is 10. The van der Waals surface area contributed by atoms with Crippen LogP contribution in [0.4, 0.5) is 17.1 Å². The Bertz CT molecular complexity index is 3300. The molecule has 0 N–H and O–H groups in total. The Morgan fingerprint density at radius 1 is 0.242 bits per heavy atom. The summed E-state index contributed by atoms with van der Waals surface area (Å²) in [4.78, 5) is 2.33. The fourth-order valence-corrected chi connectivity index (χ4v) is 8.96. The molecule has 0 bridgehead atoms. The maximum Gasteiger partial charge on any atom is 0.0547 e. The van der Waals surface area contributed by atoms with Gasteiger partial charge in [0, 0.05) is 33.5 Å². The van der Waals surface area contributed by atoms with Crippen LogP contribution >= 0.6 is 0 Å². The topological polar surface area (TPSA) is 8.17 Å². The Kier molecular flexibility index (Phi) is 9.57. The van der Waals surface area contributed by atoms with Crippen molar-refractivity contribution in [3.05, 3.63) is 255 Å². The number of hydrogen-bond acceptors (Lipinski definition) is 1.